The van der Waals surface area contributed by atoms with Crippen LogP contribution in [-0.4, -0.2) is 45.5 Å². The first-order chi connectivity index (χ1) is 67.4. The van der Waals surface area contributed by atoms with E-state index in [2.05, 4.69) is 488 Å². The molecule has 7 aliphatic rings. The number of aromatic nitrogens is 6. The molecule has 0 spiro atoms. The van der Waals surface area contributed by atoms with Gasteiger partial charge < -0.3 is 37.2 Å². The van der Waals surface area contributed by atoms with Gasteiger partial charge in [-0.15, -0.1) is 0 Å². The molecule has 6 aromatic heterocycles. The van der Waals surface area contributed by atoms with Crippen molar-refractivity contribution in [2.24, 2.45) is 5.92 Å². The van der Waals surface area contributed by atoms with Crippen molar-refractivity contribution in [1.82, 2.24) is 27.4 Å². The molecule has 8 heteroatoms. The Kier molecular flexibility index (Phi) is 17.9. The van der Waals surface area contributed by atoms with Gasteiger partial charge in [-0.3, -0.25) is 0 Å². The summed E-state index contributed by atoms with van der Waals surface area (Å²) in [5, 5.41) is 11.2. The lowest BCUT2D eigenvalue weighted by Crippen LogP contribution is -2.37. The van der Waals surface area contributed by atoms with E-state index in [1.165, 1.54) is 155 Å². The molecule has 15 aromatic carbocycles. The molecule has 1 saturated heterocycles. The average Bonchev–Trinajstić information content (AvgIpc) is 1.56. The standard InChI is InChI=1S/C128H96N8/c1-3-5-40-89(34-4-2)133-109-56-23-15-48-97(109)101-66-70-119-123(125(101)133)107-54-21-29-62-115(107)131(119)95-78-88(79-96(80-95)132-116-63-30-22-55-108(116)124-120(132)71-67-102-98-49-16-24-57-110(98)134(126(102)124)92-45-13-8-14-46-92)87-74-86(76-94(77-87)136-112-59-26-18-51-100(112)104-65-69-118-122(128(104)136)106-53-20-28-61-114(106)130(118)91-43-11-7-12-44-91)84-38-32-36-82(73-84)81-35-31-37-83(72-81)85-39-33-47-93(75-85)135-111-58-25-17-50-99(111)103-64-68-117-121(127(103)135)105-52-19-27-60-113(105)129(117)90-41-9-6-10-42-90/h3-18,20-21,23-27,29-51,53-54,56-60,62-80,100,105,112-113,117,121H,19,22,28,52,55,61H2,1-2H3/b5-3-,34-4-,89-40+. The first-order valence-electron chi connectivity index (χ1n) is 48.7. The van der Waals surface area contributed by atoms with Gasteiger partial charge in [0.15, 0.2) is 0 Å². The van der Waals surface area contributed by atoms with Gasteiger partial charge in [-0.1, -0.05) is 279 Å². The maximum atomic E-state index is 2.75. The minimum atomic E-state index is -0.0321. The van der Waals surface area contributed by atoms with E-state index in [9.17, 15) is 0 Å². The van der Waals surface area contributed by atoms with Gasteiger partial charge in [0, 0.05) is 134 Å². The quantitative estimate of drug-likeness (QED) is 0.0803. The van der Waals surface area contributed by atoms with Crippen molar-refractivity contribution in [2.75, 3.05) is 9.80 Å². The fourth-order valence-corrected chi connectivity index (χ4v) is 25.4. The van der Waals surface area contributed by atoms with E-state index < -0.39 is 0 Å². The molecule has 136 heavy (non-hydrogen) atoms. The molecule has 5 aliphatic carbocycles. The highest BCUT2D eigenvalue weighted by Gasteiger charge is 2.52. The van der Waals surface area contributed by atoms with E-state index in [4.69, 9.17) is 0 Å². The van der Waals surface area contributed by atoms with Crippen LogP contribution in [0.3, 0.4) is 0 Å². The number of allylic oxidation sites excluding steroid dienone is 11. The van der Waals surface area contributed by atoms with Crippen LogP contribution in [0.15, 0.2) is 419 Å². The van der Waals surface area contributed by atoms with Gasteiger partial charge in [0.1, 0.15) is 0 Å². The summed E-state index contributed by atoms with van der Waals surface area (Å²) in [6.07, 6.45) is 46.1. The topological polar surface area (TPSA) is 36.1 Å². The number of nitrogens with zero attached hydrogens (tertiary/aromatic N) is 8. The van der Waals surface area contributed by atoms with Gasteiger partial charge in [-0.2, -0.15) is 0 Å². The van der Waals surface area contributed by atoms with Crippen molar-refractivity contribution < 1.29 is 0 Å². The molecule has 0 N–H and O–H groups in total. The Hall–Kier alpha value is -16.4. The smallest absolute Gasteiger partial charge is 0.0641 e. The van der Waals surface area contributed by atoms with E-state index in [1.54, 1.807) is 0 Å². The molecule has 0 bridgehead atoms. The van der Waals surface area contributed by atoms with E-state index in [-0.39, 0.29) is 18.0 Å². The summed E-state index contributed by atoms with van der Waals surface area (Å²) in [5.74, 6) is 0.846. The summed E-state index contributed by atoms with van der Waals surface area (Å²) in [7, 11) is 0. The highest BCUT2D eigenvalue weighted by atomic mass is 15.2. The second-order valence-corrected chi connectivity index (χ2v) is 38.0. The van der Waals surface area contributed by atoms with Crippen molar-refractivity contribution in [1.29, 1.82) is 0 Å². The maximum Gasteiger partial charge on any atom is 0.0641 e. The maximum absolute atomic E-state index is 2.75. The molecule has 0 radical (unpaired) electrons. The zero-order valence-electron chi connectivity index (χ0n) is 75.9. The fourth-order valence-electron chi connectivity index (χ4n) is 25.4. The van der Waals surface area contributed by atoms with Crippen LogP contribution >= 0.6 is 0 Å². The van der Waals surface area contributed by atoms with Crippen LogP contribution in [-0.2, 0) is 12.8 Å². The highest BCUT2D eigenvalue weighted by Crippen LogP contribution is 2.58. The Bertz CT molecular complexity index is 8930. The number of hydrogen-bond acceptors (Lipinski definition) is 2. The second-order valence-electron chi connectivity index (χ2n) is 38.0. The number of rotatable bonds is 14. The molecule has 2 aliphatic heterocycles. The van der Waals surface area contributed by atoms with Crippen LogP contribution < -0.4 is 9.80 Å². The Morgan fingerprint density at radius 3 is 1.62 bits per heavy atom. The number of benzene rings is 15. The lowest BCUT2D eigenvalue weighted by atomic mass is 9.76. The Morgan fingerprint density at radius 1 is 0.331 bits per heavy atom. The zero-order valence-corrected chi connectivity index (χ0v) is 75.9. The average molecular weight is 1750 g/mol. The highest BCUT2D eigenvalue weighted by molar-refractivity contribution is 6.27. The molecule has 21 aromatic rings. The number of anilines is 3. The third-order valence-electron chi connectivity index (χ3n) is 30.9. The van der Waals surface area contributed by atoms with Crippen molar-refractivity contribution in [3.8, 4) is 72.9 Å². The summed E-state index contributed by atoms with van der Waals surface area (Å²) >= 11 is 0. The third kappa shape index (κ3) is 11.8. The van der Waals surface area contributed by atoms with E-state index in [1.807, 2.05) is 0 Å². The second kappa shape index (κ2) is 31.1. The van der Waals surface area contributed by atoms with Crippen LogP contribution in [0.4, 0.5) is 17.1 Å². The van der Waals surface area contributed by atoms with Gasteiger partial charge in [0.05, 0.1) is 73.5 Å². The molecular weight excluding hydrogens is 1650 g/mol. The van der Waals surface area contributed by atoms with Gasteiger partial charge in [-0.05, 0) is 272 Å². The summed E-state index contributed by atoms with van der Waals surface area (Å²) < 4.78 is 15.5. The first-order valence-corrected chi connectivity index (χ1v) is 48.7. The lowest BCUT2D eigenvalue weighted by Gasteiger charge is -2.33. The van der Waals surface area contributed by atoms with Gasteiger partial charge in [0.2, 0.25) is 0 Å². The normalized spacial score (nSPS) is 18.1. The monoisotopic (exact) mass is 1740 g/mol. The molecule has 6 atom stereocenters. The minimum absolute atomic E-state index is 0.0321. The van der Waals surface area contributed by atoms with Crippen LogP contribution in [0.1, 0.15) is 90.7 Å². The van der Waals surface area contributed by atoms with Crippen molar-refractivity contribution in [3.63, 3.8) is 0 Å². The predicted octanol–water partition coefficient (Wildman–Crippen LogP) is 32.5. The molecule has 8 heterocycles. The van der Waals surface area contributed by atoms with Crippen LogP contribution in [0, 0.1) is 5.92 Å². The predicted molar refractivity (Wildman–Crippen MR) is 573 cm³/mol. The zero-order chi connectivity index (χ0) is 89.5. The lowest BCUT2D eigenvalue weighted by molar-refractivity contribution is 0.413. The molecule has 6 unspecified atom stereocenters. The molecule has 8 nitrogen and oxygen atoms in total. The number of hydrogen-bond donors (Lipinski definition) is 0. The molecule has 1 fully saturated rings. The number of para-hydroxylation sites is 7. The van der Waals surface area contributed by atoms with Crippen molar-refractivity contribution in [2.45, 2.75) is 82.3 Å². The van der Waals surface area contributed by atoms with Crippen LogP contribution in [0.5, 0.6) is 0 Å². The Balaban J connectivity index is 0.673. The molecule has 648 valence electrons. The SMILES string of the molecule is C\C=C/C=C(\C=C/C)n1c2ccccc2c2ccc3c(c4ccccc4n3-c3cc(-c4cc(-c5cccc(-c6cccc(-c7cccc(-n8c9c(c%10ccccc%108)C=CC8C9C9CCC=CC9N8c8ccccc8)c7)c6)c5)cc(N5c6c(ccc7c6c6c(n7-c7ccccc7)CCC=C6)C6C=CC=CC65)c4)cc(-n4c5c(c6c4ccc4c7ccccc7n(-c7ccccc7)c46)CCC=C5)c3)c21. The summed E-state index contributed by atoms with van der Waals surface area (Å²) in [6.45, 7) is 4.23. The molecule has 0 amide bonds. The largest absolute Gasteiger partial charge is 0.358 e. The number of aryl methyl sites for hydroxylation is 1. The van der Waals surface area contributed by atoms with Crippen molar-refractivity contribution >= 4 is 139 Å². The fraction of sp³-hybridized carbons (Fsp3) is 0.109. The first kappa shape index (κ1) is 78.3. The Morgan fingerprint density at radius 2 is 0.882 bits per heavy atom. The Labute approximate surface area is 790 Å². The number of fused-ring (bicyclic) bond motifs is 28. The molecule has 28 rings (SSSR count). The van der Waals surface area contributed by atoms with Crippen LogP contribution in [0.2, 0.25) is 0 Å². The van der Waals surface area contributed by atoms with Gasteiger partial charge in [0.25, 0.3) is 0 Å². The van der Waals surface area contributed by atoms with E-state index in [0.29, 0.717) is 17.9 Å². The van der Waals surface area contributed by atoms with E-state index >= 15 is 0 Å². The van der Waals surface area contributed by atoms with Crippen LogP contribution in [0.25, 0.3) is 195 Å². The molecule has 0 saturated carbocycles. The minimum Gasteiger partial charge on any atom is -0.358 e. The van der Waals surface area contributed by atoms with Crippen molar-refractivity contribution in [3.05, 3.63) is 458 Å². The summed E-state index contributed by atoms with van der Waals surface area (Å²) in [5.41, 5.74) is 39.7. The van der Waals surface area contributed by atoms with E-state index in [0.717, 1.165) is 117 Å². The summed E-state index contributed by atoms with van der Waals surface area (Å²) in [6, 6.07) is 128. The van der Waals surface area contributed by atoms with Gasteiger partial charge >= 0.3 is 0 Å². The third-order valence-corrected chi connectivity index (χ3v) is 30.9. The summed E-state index contributed by atoms with van der Waals surface area (Å²) in [4.78, 5) is 5.47. The molecular formula is C128H96N8. The van der Waals surface area contributed by atoms with Gasteiger partial charge in [-0.25, -0.2) is 0 Å².